The van der Waals surface area contributed by atoms with Crippen LogP contribution in [0.4, 0.5) is 16.3 Å². The van der Waals surface area contributed by atoms with E-state index in [9.17, 15) is 9.59 Å². The minimum atomic E-state index is -1.18. The van der Waals surface area contributed by atoms with Crippen molar-refractivity contribution in [3.05, 3.63) is 77.7 Å². The molecule has 0 unspecified atom stereocenters. The fraction of sp³-hybridized carbons (Fsp3) is 0.0476. The maximum atomic E-state index is 13.0. The van der Waals surface area contributed by atoms with E-state index in [1.54, 1.807) is 83.5 Å². The summed E-state index contributed by atoms with van der Waals surface area (Å²) in [6.45, 7) is 0. The van der Waals surface area contributed by atoms with E-state index >= 15 is 0 Å². The van der Waals surface area contributed by atoms with Crippen molar-refractivity contribution in [1.82, 2.24) is 14.4 Å². The molecule has 150 valence electrons. The third kappa shape index (κ3) is 3.81. The Balaban J connectivity index is 1.66. The van der Waals surface area contributed by atoms with Gasteiger partial charge in [-0.25, -0.2) is 14.8 Å². The normalized spacial score (nSPS) is 10.7. The molecule has 0 aliphatic carbocycles. The van der Waals surface area contributed by atoms with Gasteiger partial charge < -0.3 is 10.0 Å². The van der Waals surface area contributed by atoms with E-state index in [-0.39, 0.29) is 11.7 Å². The molecule has 0 aliphatic rings. The summed E-state index contributed by atoms with van der Waals surface area (Å²) in [5, 5.41) is 11.6. The van der Waals surface area contributed by atoms with Crippen molar-refractivity contribution >= 4 is 40.8 Å². The Hall–Kier alpha value is -3.91. The SMILES string of the molecule is CN(C(=O)c1ccc2ncc(-c3ccc(NC(=O)O)nc3)n2c1)c1ccc(Cl)cc1. The Morgan fingerprint density at radius 1 is 1.03 bits per heavy atom. The summed E-state index contributed by atoms with van der Waals surface area (Å²) in [5.74, 6) is 0.0403. The summed E-state index contributed by atoms with van der Waals surface area (Å²) in [6.07, 6.45) is 3.75. The van der Waals surface area contributed by atoms with Gasteiger partial charge in [0.15, 0.2) is 0 Å². The first-order valence-corrected chi connectivity index (χ1v) is 9.27. The van der Waals surface area contributed by atoms with Crippen molar-refractivity contribution < 1.29 is 14.7 Å². The zero-order valence-electron chi connectivity index (χ0n) is 15.8. The molecule has 4 aromatic rings. The predicted molar refractivity (Wildman–Crippen MR) is 114 cm³/mol. The van der Waals surface area contributed by atoms with Crippen LogP contribution in [0.25, 0.3) is 16.9 Å². The number of carbonyl (C=O) groups is 2. The highest BCUT2D eigenvalue weighted by molar-refractivity contribution is 6.30. The smallest absolute Gasteiger partial charge is 0.410 e. The van der Waals surface area contributed by atoms with E-state index in [4.69, 9.17) is 16.7 Å². The second-order valence-electron chi connectivity index (χ2n) is 6.49. The Bertz CT molecular complexity index is 1240. The highest BCUT2D eigenvalue weighted by Gasteiger charge is 2.16. The molecule has 2 amide bonds. The van der Waals surface area contributed by atoms with Gasteiger partial charge >= 0.3 is 6.09 Å². The number of nitrogens with one attached hydrogen (secondary N) is 1. The van der Waals surface area contributed by atoms with Crippen molar-refractivity contribution in [1.29, 1.82) is 0 Å². The topological polar surface area (TPSA) is 99.8 Å². The van der Waals surface area contributed by atoms with Crippen molar-refractivity contribution in [3.63, 3.8) is 0 Å². The lowest BCUT2D eigenvalue weighted by atomic mass is 10.2. The average Bonchev–Trinajstić information content (AvgIpc) is 3.16. The Labute approximate surface area is 176 Å². The molecule has 3 heterocycles. The van der Waals surface area contributed by atoms with Gasteiger partial charge in [0, 0.05) is 35.7 Å². The summed E-state index contributed by atoms with van der Waals surface area (Å²) in [7, 11) is 1.70. The maximum absolute atomic E-state index is 13.0. The van der Waals surface area contributed by atoms with Crippen LogP contribution in [0.15, 0.2) is 67.1 Å². The second-order valence-corrected chi connectivity index (χ2v) is 6.93. The number of rotatable bonds is 4. The first-order valence-electron chi connectivity index (χ1n) is 8.89. The van der Waals surface area contributed by atoms with E-state index in [0.717, 1.165) is 16.9 Å². The molecule has 0 aliphatic heterocycles. The van der Waals surface area contributed by atoms with Crippen molar-refractivity contribution in [2.75, 3.05) is 17.3 Å². The monoisotopic (exact) mass is 421 g/mol. The van der Waals surface area contributed by atoms with Crippen LogP contribution in [-0.4, -0.2) is 38.5 Å². The van der Waals surface area contributed by atoms with Crippen LogP contribution in [0, 0.1) is 0 Å². The van der Waals surface area contributed by atoms with Gasteiger partial charge in [-0.05, 0) is 48.5 Å². The highest BCUT2D eigenvalue weighted by atomic mass is 35.5. The molecular weight excluding hydrogens is 406 g/mol. The molecule has 30 heavy (non-hydrogen) atoms. The number of carbonyl (C=O) groups excluding carboxylic acids is 1. The van der Waals surface area contributed by atoms with Crippen molar-refractivity contribution in [3.8, 4) is 11.3 Å². The fourth-order valence-electron chi connectivity index (χ4n) is 3.03. The number of imidazole rings is 1. The first kappa shape index (κ1) is 19.4. The molecule has 4 rings (SSSR count). The first-order chi connectivity index (χ1) is 14.4. The van der Waals surface area contributed by atoms with Crippen LogP contribution in [0.5, 0.6) is 0 Å². The summed E-state index contributed by atoms with van der Waals surface area (Å²) >= 11 is 5.92. The van der Waals surface area contributed by atoms with Crippen LogP contribution in [-0.2, 0) is 0 Å². The number of carboxylic acid groups (broad SMARTS) is 1. The van der Waals surface area contributed by atoms with Crippen LogP contribution in [0.3, 0.4) is 0 Å². The summed E-state index contributed by atoms with van der Waals surface area (Å²) < 4.78 is 1.80. The summed E-state index contributed by atoms with van der Waals surface area (Å²) in [4.78, 5) is 33.7. The zero-order chi connectivity index (χ0) is 21.3. The van der Waals surface area contributed by atoms with Gasteiger partial charge in [0.25, 0.3) is 5.91 Å². The summed E-state index contributed by atoms with van der Waals surface area (Å²) in [5.41, 5.74) is 3.33. The molecule has 0 saturated heterocycles. The number of halogens is 1. The molecule has 3 aromatic heterocycles. The number of benzene rings is 1. The fourth-order valence-corrected chi connectivity index (χ4v) is 3.15. The number of anilines is 2. The van der Waals surface area contributed by atoms with Crippen molar-refractivity contribution in [2.24, 2.45) is 0 Å². The molecule has 0 atom stereocenters. The Morgan fingerprint density at radius 3 is 2.47 bits per heavy atom. The number of aromatic nitrogens is 3. The van der Waals surface area contributed by atoms with Gasteiger partial charge in [-0.1, -0.05) is 11.6 Å². The molecule has 9 heteroatoms. The van der Waals surface area contributed by atoms with Crippen LogP contribution in [0.2, 0.25) is 5.02 Å². The molecule has 0 spiro atoms. The van der Waals surface area contributed by atoms with E-state index in [1.165, 1.54) is 0 Å². The van der Waals surface area contributed by atoms with Gasteiger partial charge in [-0.2, -0.15) is 0 Å². The van der Waals surface area contributed by atoms with E-state index in [2.05, 4.69) is 15.3 Å². The van der Waals surface area contributed by atoms with Crippen LogP contribution >= 0.6 is 11.6 Å². The minimum Gasteiger partial charge on any atom is -0.465 e. The number of pyridine rings is 2. The van der Waals surface area contributed by atoms with E-state index in [1.807, 2.05) is 0 Å². The van der Waals surface area contributed by atoms with Gasteiger partial charge in [0.05, 0.1) is 17.5 Å². The van der Waals surface area contributed by atoms with Crippen LogP contribution in [0.1, 0.15) is 10.4 Å². The number of hydrogen-bond acceptors (Lipinski definition) is 4. The third-order valence-corrected chi connectivity index (χ3v) is 4.82. The zero-order valence-corrected chi connectivity index (χ0v) is 16.5. The highest BCUT2D eigenvalue weighted by Crippen LogP contribution is 2.23. The minimum absolute atomic E-state index is 0.182. The van der Waals surface area contributed by atoms with E-state index in [0.29, 0.717) is 16.2 Å². The number of hydrogen-bond donors (Lipinski definition) is 2. The largest absolute Gasteiger partial charge is 0.465 e. The molecular formula is C21H16ClN5O3. The number of amides is 2. The molecule has 0 bridgehead atoms. The van der Waals surface area contributed by atoms with Gasteiger partial charge in [0.1, 0.15) is 11.5 Å². The Morgan fingerprint density at radius 2 is 1.80 bits per heavy atom. The lowest BCUT2D eigenvalue weighted by molar-refractivity contribution is 0.0992. The van der Waals surface area contributed by atoms with Crippen molar-refractivity contribution in [2.45, 2.75) is 0 Å². The maximum Gasteiger partial charge on any atom is 0.410 e. The molecule has 2 N–H and O–H groups in total. The third-order valence-electron chi connectivity index (χ3n) is 4.57. The van der Waals surface area contributed by atoms with Gasteiger partial charge in [-0.15, -0.1) is 0 Å². The lowest BCUT2D eigenvalue weighted by Crippen LogP contribution is -2.26. The Kier molecular flexibility index (Phi) is 5.07. The number of nitrogens with zero attached hydrogens (tertiary/aromatic N) is 4. The lowest BCUT2D eigenvalue weighted by Gasteiger charge is -2.17. The van der Waals surface area contributed by atoms with Crippen LogP contribution < -0.4 is 10.2 Å². The molecule has 1 aromatic carbocycles. The summed E-state index contributed by atoms with van der Waals surface area (Å²) in [6, 6.07) is 13.8. The predicted octanol–water partition coefficient (Wildman–Crippen LogP) is 4.42. The quantitative estimate of drug-likeness (QED) is 0.508. The molecule has 0 fully saturated rings. The number of fused-ring (bicyclic) bond motifs is 1. The average molecular weight is 422 g/mol. The molecule has 0 radical (unpaired) electrons. The second kappa shape index (κ2) is 7.84. The standard InChI is InChI=1S/C21H16ClN5O3/c1-26(16-6-4-15(22)5-7-16)20(28)14-3-9-19-24-11-17(27(19)12-14)13-2-8-18(23-10-13)25-21(29)30/h2-12H,1H3,(H,23,25)(H,29,30). The van der Waals surface area contributed by atoms with E-state index < -0.39 is 6.09 Å². The molecule has 0 saturated carbocycles. The van der Waals surface area contributed by atoms with Gasteiger partial charge in [-0.3, -0.25) is 14.5 Å². The van der Waals surface area contributed by atoms with Gasteiger partial charge in [0.2, 0.25) is 0 Å². The molecule has 8 nitrogen and oxygen atoms in total.